The standard InChI is InChI=1S/C12H18N4O2S/c1-3-5-7-15-10-9(19-14-13-10)11(17)16(12(15)18)8-6-4-2/h3-8H2,1-2H3. The maximum atomic E-state index is 12.4. The van der Waals surface area contributed by atoms with Gasteiger partial charge in [-0.15, -0.1) is 5.10 Å². The van der Waals surface area contributed by atoms with E-state index in [9.17, 15) is 9.59 Å². The summed E-state index contributed by atoms with van der Waals surface area (Å²) in [6.45, 7) is 5.15. The molecular formula is C12H18N4O2S. The van der Waals surface area contributed by atoms with Gasteiger partial charge >= 0.3 is 5.69 Å². The lowest BCUT2D eigenvalue weighted by Crippen LogP contribution is -2.39. The summed E-state index contributed by atoms with van der Waals surface area (Å²) in [5, 5.41) is 3.93. The first kappa shape index (κ1) is 13.9. The summed E-state index contributed by atoms with van der Waals surface area (Å²) < 4.78 is 7.19. The first-order chi connectivity index (χ1) is 9.20. The van der Waals surface area contributed by atoms with E-state index >= 15 is 0 Å². The number of unbranched alkanes of at least 4 members (excludes halogenated alkanes) is 2. The molecule has 0 amide bonds. The monoisotopic (exact) mass is 282 g/mol. The number of hydrogen-bond acceptors (Lipinski definition) is 5. The van der Waals surface area contributed by atoms with Gasteiger partial charge in [0, 0.05) is 13.1 Å². The molecule has 7 heteroatoms. The number of hydrogen-bond donors (Lipinski definition) is 0. The molecule has 6 nitrogen and oxygen atoms in total. The lowest BCUT2D eigenvalue weighted by atomic mass is 10.3. The van der Waals surface area contributed by atoms with Gasteiger partial charge in [0.1, 0.15) is 0 Å². The highest BCUT2D eigenvalue weighted by molar-refractivity contribution is 7.12. The Balaban J connectivity index is 2.61. The van der Waals surface area contributed by atoms with Crippen molar-refractivity contribution < 1.29 is 0 Å². The first-order valence-corrected chi connectivity index (χ1v) is 7.43. The third-order valence-corrected chi connectivity index (χ3v) is 3.80. The van der Waals surface area contributed by atoms with Gasteiger partial charge < -0.3 is 0 Å². The van der Waals surface area contributed by atoms with Crippen LogP contribution in [0.15, 0.2) is 9.59 Å². The zero-order valence-corrected chi connectivity index (χ0v) is 12.1. The van der Waals surface area contributed by atoms with Crippen LogP contribution in [-0.4, -0.2) is 18.7 Å². The molecule has 2 aromatic rings. The highest BCUT2D eigenvalue weighted by atomic mass is 32.1. The fourth-order valence-corrected chi connectivity index (χ4v) is 2.60. The van der Waals surface area contributed by atoms with E-state index in [1.807, 2.05) is 6.92 Å². The number of aryl methyl sites for hydroxylation is 1. The summed E-state index contributed by atoms with van der Waals surface area (Å²) >= 11 is 1.06. The Morgan fingerprint density at radius 2 is 1.68 bits per heavy atom. The van der Waals surface area contributed by atoms with Gasteiger partial charge in [0.25, 0.3) is 5.56 Å². The Bertz CT molecular complexity index is 670. The lowest BCUT2D eigenvalue weighted by Gasteiger charge is -2.09. The van der Waals surface area contributed by atoms with Crippen molar-refractivity contribution in [3.8, 4) is 0 Å². The number of fused-ring (bicyclic) bond motifs is 1. The third kappa shape index (κ3) is 2.60. The zero-order chi connectivity index (χ0) is 13.8. The van der Waals surface area contributed by atoms with Gasteiger partial charge in [-0.2, -0.15) is 0 Å². The maximum Gasteiger partial charge on any atom is 0.332 e. The Kier molecular flexibility index (Phi) is 4.47. The van der Waals surface area contributed by atoms with Crippen molar-refractivity contribution in [3.05, 3.63) is 20.8 Å². The van der Waals surface area contributed by atoms with Crippen LogP contribution in [0.2, 0.25) is 0 Å². The predicted molar refractivity (Wildman–Crippen MR) is 75.8 cm³/mol. The van der Waals surface area contributed by atoms with Gasteiger partial charge in [0.15, 0.2) is 10.3 Å². The van der Waals surface area contributed by atoms with Crippen LogP contribution in [0.1, 0.15) is 39.5 Å². The average molecular weight is 282 g/mol. The molecular weight excluding hydrogens is 264 g/mol. The van der Waals surface area contributed by atoms with E-state index in [2.05, 4.69) is 16.5 Å². The van der Waals surface area contributed by atoms with E-state index < -0.39 is 0 Å². The molecule has 0 unspecified atom stereocenters. The summed E-state index contributed by atoms with van der Waals surface area (Å²) in [6, 6.07) is 0. The molecule has 0 radical (unpaired) electrons. The average Bonchev–Trinajstić information content (AvgIpc) is 2.88. The second-order valence-electron chi connectivity index (χ2n) is 4.52. The van der Waals surface area contributed by atoms with E-state index in [0.29, 0.717) is 23.4 Å². The molecule has 19 heavy (non-hydrogen) atoms. The van der Waals surface area contributed by atoms with Gasteiger partial charge in [-0.3, -0.25) is 13.9 Å². The number of aromatic nitrogens is 4. The number of nitrogens with zero attached hydrogens (tertiary/aromatic N) is 4. The smallest absolute Gasteiger partial charge is 0.275 e. The molecule has 2 rings (SSSR count). The summed E-state index contributed by atoms with van der Waals surface area (Å²) in [5.74, 6) is 0. The SMILES string of the molecule is CCCCn1c(=O)c2snnc2n(CCCC)c1=O. The molecule has 0 aliphatic carbocycles. The van der Waals surface area contributed by atoms with Gasteiger partial charge in [0.05, 0.1) is 0 Å². The third-order valence-electron chi connectivity index (χ3n) is 3.10. The topological polar surface area (TPSA) is 69.8 Å². The highest BCUT2D eigenvalue weighted by Gasteiger charge is 2.15. The molecule has 0 saturated carbocycles. The number of rotatable bonds is 6. The Morgan fingerprint density at radius 1 is 1.05 bits per heavy atom. The first-order valence-electron chi connectivity index (χ1n) is 6.66. The lowest BCUT2D eigenvalue weighted by molar-refractivity contribution is 0.530. The van der Waals surface area contributed by atoms with Crippen molar-refractivity contribution in [1.82, 2.24) is 18.7 Å². The minimum Gasteiger partial charge on any atom is -0.275 e. The minimum atomic E-state index is -0.257. The molecule has 2 heterocycles. The van der Waals surface area contributed by atoms with Gasteiger partial charge in [-0.1, -0.05) is 31.2 Å². The normalized spacial score (nSPS) is 11.3. The van der Waals surface area contributed by atoms with Crippen LogP contribution in [0, 0.1) is 0 Å². The highest BCUT2D eigenvalue weighted by Crippen LogP contribution is 2.09. The molecule has 2 aromatic heterocycles. The van der Waals surface area contributed by atoms with Gasteiger partial charge in [-0.25, -0.2) is 4.79 Å². The van der Waals surface area contributed by atoms with Crippen LogP contribution in [0.4, 0.5) is 0 Å². The molecule has 0 spiro atoms. The van der Waals surface area contributed by atoms with Crippen LogP contribution in [0.5, 0.6) is 0 Å². The van der Waals surface area contributed by atoms with Gasteiger partial charge in [-0.05, 0) is 24.4 Å². The van der Waals surface area contributed by atoms with E-state index in [1.54, 1.807) is 4.57 Å². The quantitative estimate of drug-likeness (QED) is 0.807. The van der Waals surface area contributed by atoms with E-state index in [-0.39, 0.29) is 11.2 Å². The Labute approximate surface area is 114 Å². The molecule has 0 bridgehead atoms. The molecule has 0 N–H and O–H groups in total. The van der Waals surface area contributed by atoms with Crippen LogP contribution >= 0.6 is 11.5 Å². The van der Waals surface area contributed by atoms with Crippen LogP contribution in [0.25, 0.3) is 10.3 Å². The van der Waals surface area contributed by atoms with E-state index in [4.69, 9.17) is 0 Å². The van der Waals surface area contributed by atoms with Crippen molar-refractivity contribution >= 4 is 21.9 Å². The summed E-state index contributed by atoms with van der Waals surface area (Å²) in [7, 11) is 0. The predicted octanol–water partition coefficient (Wildman–Crippen LogP) is 1.61. The minimum absolute atomic E-state index is 0.254. The second-order valence-corrected chi connectivity index (χ2v) is 5.28. The largest absolute Gasteiger partial charge is 0.332 e. The summed E-state index contributed by atoms with van der Waals surface area (Å²) in [5.41, 5.74) is -0.0792. The molecule has 0 aliphatic rings. The van der Waals surface area contributed by atoms with Crippen molar-refractivity contribution in [1.29, 1.82) is 0 Å². The Hall–Kier alpha value is -1.50. The second kappa shape index (κ2) is 6.10. The van der Waals surface area contributed by atoms with Crippen LogP contribution < -0.4 is 11.2 Å². The van der Waals surface area contributed by atoms with Gasteiger partial charge in [0.2, 0.25) is 0 Å². The van der Waals surface area contributed by atoms with Crippen LogP contribution in [0.3, 0.4) is 0 Å². The molecule has 104 valence electrons. The van der Waals surface area contributed by atoms with Crippen LogP contribution in [-0.2, 0) is 13.1 Å². The maximum absolute atomic E-state index is 12.4. The fourth-order valence-electron chi connectivity index (χ4n) is 1.97. The van der Waals surface area contributed by atoms with E-state index in [0.717, 1.165) is 37.2 Å². The molecule has 0 fully saturated rings. The molecule has 0 saturated heterocycles. The Morgan fingerprint density at radius 3 is 2.32 bits per heavy atom. The molecule has 0 aliphatic heterocycles. The summed E-state index contributed by atoms with van der Waals surface area (Å²) in [6.07, 6.45) is 3.64. The van der Waals surface area contributed by atoms with Crippen molar-refractivity contribution in [2.45, 2.75) is 52.6 Å². The zero-order valence-electron chi connectivity index (χ0n) is 11.3. The van der Waals surface area contributed by atoms with Crippen molar-refractivity contribution in [3.63, 3.8) is 0 Å². The fraction of sp³-hybridized carbons (Fsp3) is 0.667. The molecule has 0 atom stereocenters. The summed E-state index contributed by atoms with van der Waals surface area (Å²) in [4.78, 5) is 24.6. The van der Waals surface area contributed by atoms with Crippen molar-refractivity contribution in [2.75, 3.05) is 0 Å². The van der Waals surface area contributed by atoms with E-state index in [1.165, 1.54) is 4.57 Å². The van der Waals surface area contributed by atoms with Crippen molar-refractivity contribution in [2.24, 2.45) is 0 Å². The molecule has 0 aromatic carbocycles.